The van der Waals surface area contributed by atoms with E-state index in [1.165, 1.54) is 0 Å². The summed E-state index contributed by atoms with van der Waals surface area (Å²) in [5, 5.41) is 6.16. The van der Waals surface area contributed by atoms with Gasteiger partial charge in [-0.15, -0.1) is 0 Å². The first-order valence-corrected chi connectivity index (χ1v) is 7.13. The first-order chi connectivity index (χ1) is 10.2. The minimum Gasteiger partial charge on any atom is -0.380 e. The maximum atomic E-state index is 11.7. The maximum Gasteiger partial charge on any atom is 0.228 e. The Morgan fingerprint density at radius 2 is 2.14 bits per heavy atom. The number of nitrogens with zero attached hydrogens (tertiary/aromatic N) is 2. The van der Waals surface area contributed by atoms with E-state index in [2.05, 4.69) is 20.6 Å². The fourth-order valence-electron chi connectivity index (χ4n) is 2.00. The molecule has 2 heterocycles. The highest BCUT2D eigenvalue weighted by atomic mass is 16.2. The van der Waals surface area contributed by atoms with E-state index in [4.69, 9.17) is 0 Å². The van der Waals surface area contributed by atoms with Crippen LogP contribution < -0.4 is 10.6 Å². The van der Waals surface area contributed by atoms with Gasteiger partial charge in [0.1, 0.15) is 5.82 Å². The molecule has 0 bridgehead atoms. The molecule has 2 aromatic heterocycles. The Hall–Kier alpha value is -2.43. The van der Waals surface area contributed by atoms with Crippen molar-refractivity contribution in [2.45, 2.75) is 26.3 Å². The van der Waals surface area contributed by atoms with E-state index in [0.717, 1.165) is 29.8 Å². The monoisotopic (exact) mass is 282 g/mol. The lowest BCUT2D eigenvalue weighted by molar-refractivity contribution is -0.117. The van der Waals surface area contributed by atoms with Crippen molar-refractivity contribution in [1.82, 2.24) is 9.97 Å². The number of aromatic nitrogens is 2. The molecule has 0 atom stereocenters. The van der Waals surface area contributed by atoms with Crippen molar-refractivity contribution in [2.24, 2.45) is 5.92 Å². The van der Waals surface area contributed by atoms with Crippen LogP contribution in [0.25, 0.3) is 0 Å². The molecule has 1 aliphatic carbocycles. The topological polar surface area (TPSA) is 66.9 Å². The Labute approximate surface area is 123 Å². The average Bonchev–Trinajstić information content (AvgIpc) is 3.32. The van der Waals surface area contributed by atoms with Crippen LogP contribution in [0.3, 0.4) is 0 Å². The molecular formula is C16H18N4O. The van der Waals surface area contributed by atoms with Gasteiger partial charge in [0.2, 0.25) is 5.91 Å². The van der Waals surface area contributed by atoms with Crippen LogP contribution in [0.1, 0.15) is 24.1 Å². The van der Waals surface area contributed by atoms with Crippen LogP contribution in [0.5, 0.6) is 0 Å². The third-order valence-corrected chi connectivity index (χ3v) is 3.43. The number of anilines is 2. The summed E-state index contributed by atoms with van der Waals surface area (Å²) in [4.78, 5) is 20.1. The normalized spacial score (nSPS) is 13.8. The molecule has 5 heteroatoms. The Kier molecular flexibility index (Phi) is 3.81. The third-order valence-electron chi connectivity index (χ3n) is 3.43. The standard InChI is InChI=1S/C16H18N4O/c1-11-2-5-14(10-18-11)19-9-12-6-7-17-15(8-12)20-16(21)13-3-4-13/h2,5-8,10,13,19H,3-4,9H2,1H3,(H,17,20,21). The number of carbonyl (C=O) groups excluding carboxylic acids is 1. The summed E-state index contributed by atoms with van der Waals surface area (Å²) in [6, 6.07) is 7.80. The summed E-state index contributed by atoms with van der Waals surface area (Å²) in [5.74, 6) is 0.885. The Morgan fingerprint density at radius 1 is 1.29 bits per heavy atom. The van der Waals surface area contributed by atoms with Crippen LogP contribution in [0.15, 0.2) is 36.7 Å². The SMILES string of the molecule is Cc1ccc(NCc2ccnc(NC(=O)C3CC3)c2)cn1. The van der Waals surface area contributed by atoms with Crippen LogP contribution in [0.2, 0.25) is 0 Å². The molecule has 0 aliphatic heterocycles. The summed E-state index contributed by atoms with van der Waals surface area (Å²) in [6.45, 7) is 2.63. The molecule has 2 N–H and O–H groups in total. The molecule has 0 aromatic carbocycles. The van der Waals surface area contributed by atoms with Crippen molar-refractivity contribution < 1.29 is 4.79 Å². The predicted octanol–water partition coefficient (Wildman–Crippen LogP) is 2.75. The number of hydrogen-bond donors (Lipinski definition) is 2. The Balaban J connectivity index is 1.60. The molecule has 1 aliphatic rings. The van der Waals surface area contributed by atoms with E-state index in [1.807, 2.05) is 37.4 Å². The third kappa shape index (κ3) is 3.78. The van der Waals surface area contributed by atoms with Crippen LogP contribution in [-0.2, 0) is 11.3 Å². The lowest BCUT2D eigenvalue weighted by Crippen LogP contribution is -2.14. The van der Waals surface area contributed by atoms with Crippen molar-refractivity contribution in [1.29, 1.82) is 0 Å². The van der Waals surface area contributed by atoms with Gasteiger partial charge < -0.3 is 10.6 Å². The number of carbonyl (C=O) groups is 1. The second-order valence-corrected chi connectivity index (χ2v) is 5.35. The molecule has 3 rings (SSSR count). The van der Waals surface area contributed by atoms with E-state index < -0.39 is 0 Å². The highest BCUT2D eigenvalue weighted by molar-refractivity contribution is 5.93. The second kappa shape index (κ2) is 5.91. The van der Waals surface area contributed by atoms with Gasteiger partial charge in [-0.05, 0) is 49.6 Å². The second-order valence-electron chi connectivity index (χ2n) is 5.35. The number of amides is 1. The van der Waals surface area contributed by atoms with Crippen molar-refractivity contribution >= 4 is 17.4 Å². The fourth-order valence-corrected chi connectivity index (χ4v) is 2.00. The van der Waals surface area contributed by atoms with Crippen molar-refractivity contribution in [2.75, 3.05) is 10.6 Å². The minimum atomic E-state index is 0.0790. The molecular weight excluding hydrogens is 264 g/mol. The van der Waals surface area contributed by atoms with Crippen LogP contribution in [0, 0.1) is 12.8 Å². The highest BCUT2D eigenvalue weighted by Crippen LogP contribution is 2.29. The summed E-state index contributed by atoms with van der Waals surface area (Å²) in [5.41, 5.74) is 3.03. The molecule has 0 unspecified atom stereocenters. The predicted molar refractivity (Wildman–Crippen MR) is 81.9 cm³/mol. The van der Waals surface area contributed by atoms with Gasteiger partial charge in [-0.25, -0.2) is 4.98 Å². The van der Waals surface area contributed by atoms with Gasteiger partial charge in [-0.2, -0.15) is 0 Å². The molecule has 0 spiro atoms. The summed E-state index contributed by atoms with van der Waals surface area (Å²) >= 11 is 0. The number of hydrogen-bond acceptors (Lipinski definition) is 4. The zero-order chi connectivity index (χ0) is 14.7. The van der Waals surface area contributed by atoms with Gasteiger partial charge in [0, 0.05) is 24.4 Å². The van der Waals surface area contributed by atoms with E-state index in [-0.39, 0.29) is 11.8 Å². The van der Waals surface area contributed by atoms with Crippen molar-refractivity contribution in [3.05, 3.63) is 47.9 Å². The Morgan fingerprint density at radius 3 is 2.86 bits per heavy atom. The smallest absolute Gasteiger partial charge is 0.228 e. The molecule has 108 valence electrons. The summed E-state index contributed by atoms with van der Waals surface area (Å²) < 4.78 is 0. The maximum absolute atomic E-state index is 11.7. The molecule has 0 saturated heterocycles. The van der Waals surface area contributed by atoms with Crippen molar-refractivity contribution in [3.63, 3.8) is 0 Å². The van der Waals surface area contributed by atoms with Gasteiger partial charge in [0.15, 0.2) is 0 Å². The minimum absolute atomic E-state index is 0.0790. The number of aryl methyl sites for hydroxylation is 1. The average molecular weight is 282 g/mol. The summed E-state index contributed by atoms with van der Waals surface area (Å²) in [6.07, 6.45) is 5.51. The Bertz CT molecular complexity index is 635. The van der Waals surface area contributed by atoms with Gasteiger partial charge in [-0.1, -0.05) is 0 Å². The molecule has 1 fully saturated rings. The van der Waals surface area contributed by atoms with Gasteiger partial charge >= 0.3 is 0 Å². The number of rotatable bonds is 5. The first-order valence-electron chi connectivity index (χ1n) is 7.13. The molecule has 21 heavy (non-hydrogen) atoms. The van der Waals surface area contributed by atoms with E-state index in [0.29, 0.717) is 12.4 Å². The lowest BCUT2D eigenvalue weighted by atomic mass is 10.2. The van der Waals surface area contributed by atoms with E-state index in [9.17, 15) is 4.79 Å². The molecule has 5 nitrogen and oxygen atoms in total. The number of pyridine rings is 2. The molecule has 0 radical (unpaired) electrons. The molecule has 2 aromatic rings. The molecule has 1 saturated carbocycles. The van der Waals surface area contributed by atoms with E-state index >= 15 is 0 Å². The van der Waals surface area contributed by atoms with E-state index in [1.54, 1.807) is 6.20 Å². The summed E-state index contributed by atoms with van der Waals surface area (Å²) in [7, 11) is 0. The number of nitrogens with one attached hydrogen (secondary N) is 2. The molecule has 1 amide bonds. The quantitative estimate of drug-likeness (QED) is 0.885. The zero-order valence-electron chi connectivity index (χ0n) is 12.0. The van der Waals surface area contributed by atoms with Crippen molar-refractivity contribution in [3.8, 4) is 0 Å². The van der Waals surface area contributed by atoms with Crippen LogP contribution in [0.4, 0.5) is 11.5 Å². The van der Waals surface area contributed by atoms with Gasteiger partial charge in [0.05, 0.1) is 11.9 Å². The van der Waals surface area contributed by atoms with Crippen LogP contribution >= 0.6 is 0 Å². The van der Waals surface area contributed by atoms with Gasteiger partial charge in [0.25, 0.3) is 0 Å². The first kappa shape index (κ1) is 13.5. The fraction of sp³-hybridized carbons (Fsp3) is 0.312. The largest absolute Gasteiger partial charge is 0.380 e. The lowest BCUT2D eigenvalue weighted by Gasteiger charge is -2.08. The highest BCUT2D eigenvalue weighted by Gasteiger charge is 2.29. The van der Waals surface area contributed by atoms with Crippen LogP contribution in [-0.4, -0.2) is 15.9 Å². The zero-order valence-corrected chi connectivity index (χ0v) is 12.0. The van der Waals surface area contributed by atoms with Gasteiger partial charge in [-0.3, -0.25) is 9.78 Å².